The molecular formula is C31H40N2O5. The van der Waals surface area contributed by atoms with Gasteiger partial charge in [-0.15, -0.1) is 0 Å². The number of carbonyl (C=O) groups is 2. The van der Waals surface area contributed by atoms with E-state index in [1.165, 1.54) is 0 Å². The minimum atomic E-state index is -0.706. The molecule has 204 valence electrons. The first-order valence-electron chi connectivity index (χ1n) is 13.8. The fraction of sp³-hybridized carbons (Fsp3) is 0.484. The molecule has 0 unspecified atom stereocenters. The van der Waals surface area contributed by atoms with Gasteiger partial charge in [0.1, 0.15) is 23.4 Å². The first kappa shape index (κ1) is 27.7. The highest BCUT2D eigenvalue weighted by Gasteiger charge is 2.46. The summed E-state index contributed by atoms with van der Waals surface area (Å²) in [5, 5.41) is 11.5. The van der Waals surface area contributed by atoms with Crippen molar-refractivity contribution in [1.29, 1.82) is 0 Å². The average molecular weight is 521 g/mol. The fourth-order valence-electron chi connectivity index (χ4n) is 5.16. The molecular weight excluding hydrogens is 480 g/mol. The van der Waals surface area contributed by atoms with E-state index in [2.05, 4.69) is 32.6 Å². The Hall–Kier alpha value is -3.32. The van der Waals surface area contributed by atoms with Crippen LogP contribution in [0.1, 0.15) is 63.8 Å². The number of likely N-dealkylation sites (N-methyl/N-ethyl adjacent to an activating group) is 1. The molecule has 38 heavy (non-hydrogen) atoms. The molecule has 0 radical (unpaired) electrons. The van der Waals surface area contributed by atoms with E-state index in [0.717, 1.165) is 42.8 Å². The number of aliphatic hydroxyl groups excluding tert-OH is 1. The van der Waals surface area contributed by atoms with Crippen molar-refractivity contribution in [2.24, 2.45) is 5.92 Å². The molecule has 2 atom stereocenters. The SMILES string of the molecule is CCN(CC)CCN1C(=O)C(=O)C(=C(O)c2ccc3c(c2)C[C@@H](C)O3)[C@H]1c1cccc(OCCC(C)C)c1. The quantitative estimate of drug-likeness (QED) is 0.249. The summed E-state index contributed by atoms with van der Waals surface area (Å²) >= 11 is 0. The zero-order valence-corrected chi connectivity index (χ0v) is 23.2. The van der Waals surface area contributed by atoms with Gasteiger partial charge in [0.15, 0.2) is 0 Å². The molecule has 1 saturated heterocycles. The second-order valence-corrected chi connectivity index (χ2v) is 10.6. The predicted octanol–water partition coefficient (Wildman–Crippen LogP) is 5.20. The highest BCUT2D eigenvalue weighted by Crippen LogP contribution is 2.41. The van der Waals surface area contributed by atoms with Crippen LogP contribution in [0.3, 0.4) is 0 Å². The van der Waals surface area contributed by atoms with E-state index in [9.17, 15) is 14.7 Å². The van der Waals surface area contributed by atoms with Gasteiger partial charge in [-0.3, -0.25) is 9.59 Å². The summed E-state index contributed by atoms with van der Waals surface area (Å²) in [4.78, 5) is 30.6. The summed E-state index contributed by atoms with van der Waals surface area (Å²) in [5.41, 5.74) is 2.35. The molecule has 1 amide bonds. The van der Waals surface area contributed by atoms with E-state index >= 15 is 0 Å². The van der Waals surface area contributed by atoms with Crippen LogP contribution >= 0.6 is 0 Å². The van der Waals surface area contributed by atoms with E-state index in [-0.39, 0.29) is 17.4 Å². The lowest BCUT2D eigenvalue weighted by Gasteiger charge is -2.28. The summed E-state index contributed by atoms with van der Waals surface area (Å²) < 4.78 is 11.8. The van der Waals surface area contributed by atoms with Gasteiger partial charge in [-0.1, -0.05) is 39.8 Å². The second kappa shape index (κ2) is 12.0. The number of likely N-dealkylation sites (tertiary alicyclic amines) is 1. The van der Waals surface area contributed by atoms with Crippen LogP contribution in [-0.2, 0) is 16.0 Å². The lowest BCUT2D eigenvalue weighted by Crippen LogP contribution is -2.38. The lowest BCUT2D eigenvalue weighted by molar-refractivity contribution is -0.140. The largest absolute Gasteiger partial charge is 0.507 e. The van der Waals surface area contributed by atoms with Crippen molar-refractivity contribution in [2.45, 2.75) is 59.6 Å². The summed E-state index contributed by atoms with van der Waals surface area (Å²) in [7, 11) is 0. The number of carbonyl (C=O) groups excluding carboxylic acids is 2. The Balaban J connectivity index is 1.74. The maximum absolute atomic E-state index is 13.4. The van der Waals surface area contributed by atoms with Gasteiger partial charge in [0.25, 0.3) is 11.7 Å². The number of fused-ring (bicyclic) bond motifs is 1. The molecule has 0 spiro atoms. The molecule has 4 rings (SSSR count). The number of nitrogens with zero attached hydrogens (tertiary/aromatic N) is 2. The van der Waals surface area contributed by atoms with Crippen LogP contribution in [0.15, 0.2) is 48.0 Å². The molecule has 7 nitrogen and oxygen atoms in total. The fourth-order valence-corrected chi connectivity index (χ4v) is 5.16. The molecule has 0 aliphatic carbocycles. The smallest absolute Gasteiger partial charge is 0.295 e. The molecule has 2 aliphatic heterocycles. The standard InChI is InChI=1S/C31H40N2O5/c1-6-32(7-2)14-15-33-28(22-9-8-10-25(19-22)37-16-13-20(3)4)27(30(35)31(33)36)29(34)23-11-12-26-24(18-23)17-21(5)38-26/h8-12,18-21,28,34H,6-7,13-17H2,1-5H3/t21-,28-/m1/s1. The number of rotatable bonds is 11. The Kier molecular flexibility index (Phi) is 8.77. The number of hydrogen-bond acceptors (Lipinski definition) is 6. The molecule has 1 N–H and O–H groups in total. The maximum Gasteiger partial charge on any atom is 0.295 e. The second-order valence-electron chi connectivity index (χ2n) is 10.6. The van der Waals surface area contributed by atoms with Crippen molar-refractivity contribution in [3.63, 3.8) is 0 Å². The summed E-state index contributed by atoms with van der Waals surface area (Å²) in [6.45, 7) is 13.7. The third-order valence-electron chi connectivity index (χ3n) is 7.40. The van der Waals surface area contributed by atoms with E-state index in [0.29, 0.717) is 36.9 Å². The van der Waals surface area contributed by atoms with Crippen molar-refractivity contribution >= 4 is 17.4 Å². The van der Waals surface area contributed by atoms with Gasteiger partial charge in [-0.05, 0) is 73.8 Å². The van der Waals surface area contributed by atoms with Crippen LogP contribution in [0.4, 0.5) is 0 Å². The third-order valence-corrected chi connectivity index (χ3v) is 7.40. The number of aliphatic hydroxyl groups is 1. The van der Waals surface area contributed by atoms with Crippen molar-refractivity contribution < 1.29 is 24.2 Å². The van der Waals surface area contributed by atoms with Crippen LogP contribution in [0.5, 0.6) is 11.5 Å². The molecule has 0 bridgehead atoms. The van der Waals surface area contributed by atoms with Crippen molar-refractivity contribution in [3.05, 3.63) is 64.7 Å². The highest BCUT2D eigenvalue weighted by atomic mass is 16.5. The van der Waals surface area contributed by atoms with Gasteiger partial charge < -0.3 is 24.4 Å². The Morgan fingerprint density at radius 3 is 2.63 bits per heavy atom. The zero-order chi connectivity index (χ0) is 27.4. The number of hydrogen-bond donors (Lipinski definition) is 1. The minimum absolute atomic E-state index is 0.0616. The molecule has 0 saturated carbocycles. The molecule has 2 aromatic rings. The molecule has 2 heterocycles. The Morgan fingerprint density at radius 2 is 1.92 bits per heavy atom. The summed E-state index contributed by atoms with van der Waals surface area (Å²) in [5.74, 6) is 0.576. The van der Waals surface area contributed by atoms with Gasteiger partial charge in [0.05, 0.1) is 18.2 Å². The number of ketones is 1. The first-order valence-corrected chi connectivity index (χ1v) is 13.8. The lowest BCUT2D eigenvalue weighted by atomic mass is 9.94. The molecule has 2 aromatic carbocycles. The van der Waals surface area contributed by atoms with Gasteiger partial charge >= 0.3 is 0 Å². The predicted molar refractivity (Wildman–Crippen MR) is 148 cm³/mol. The van der Waals surface area contributed by atoms with Gasteiger partial charge in [-0.25, -0.2) is 0 Å². The Bertz CT molecular complexity index is 1200. The topological polar surface area (TPSA) is 79.3 Å². The van der Waals surface area contributed by atoms with E-state index in [1.54, 1.807) is 11.0 Å². The monoisotopic (exact) mass is 520 g/mol. The summed E-state index contributed by atoms with van der Waals surface area (Å²) in [6.07, 6.45) is 1.72. The van der Waals surface area contributed by atoms with Crippen LogP contribution in [0.25, 0.3) is 5.76 Å². The normalized spacial score (nSPS) is 20.3. The average Bonchev–Trinajstić information content (AvgIpc) is 3.39. The number of benzene rings is 2. The Labute approximate surface area is 226 Å². The first-order chi connectivity index (χ1) is 18.2. The molecule has 7 heteroatoms. The van der Waals surface area contributed by atoms with Crippen molar-refractivity contribution in [1.82, 2.24) is 9.80 Å². The van der Waals surface area contributed by atoms with Crippen LogP contribution in [0.2, 0.25) is 0 Å². The van der Waals surface area contributed by atoms with Gasteiger partial charge in [0.2, 0.25) is 0 Å². The van der Waals surface area contributed by atoms with Gasteiger partial charge in [-0.2, -0.15) is 0 Å². The molecule has 2 aliphatic rings. The van der Waals surface area contributed by atoms with E-state index < -0.39 is 17.7 Å². The van der Waals surface area contributed by atoms with Crippen molar-refractivity contribution in [2.75, 3.05) is 32.8 Å². The van der Waals surface area contributed by atoms with Crippen molar-refractivity contribution in [3.8, 4) is 11.5 Å². The zero-order valence-electron chi connectivity index (χ0n) is 23.2. The molecule has 0 aromatic heterocycles. The van der Waals surface area contributed by atoms with Crippen LogP contribution in [0, 0.1) is 5.92 Å². The van der Waals surface area contributed by atoms with E-state index in [4.69, 9.17) is 9.47 Å². The number of Topliss-reactive ketones (excluding diaryl/α,β-unsaturated/α-hetero) is 1. The van der Waals surface area contributed by atoms with Crippen LogP contribution < -0.4 is 9.47 Å². The minimum Gasteiger partial charge on any atom is -0.507 e. The van der Waals surface area contributed by atoms with Crippen LogP contribution in [-0.4, -0.2) is 65.5 Å². The van der Waals surface area contributed by atoms with Gasteiger partial charge in [0, 0.05) is 25.1 Å². The third kappa shape index (κ3) is 5.88. The summed E-state index contributed by atoms with van der Waals surface area (Å²) in [6, 6.07) is 12.3. The van der Waals surface area contributed by atoms with E-state index in [1.807, 2.05) is 43.3 Å². The highest BCUT2D eigenvalue weighted by molar-refractivity contribution is 6.46. The Morgan fingerprint density at radius 1 is 1.16 bits per heavy atom. The number of ether oxygens (including phenoxy) is 2. The maximum atomic E-state index is 13.4. The number of amides is 1. The molecule has 1 fully saturated rings.